The van der Waals surface area contributed by atoms with Crippen LogP contribution in [-0.4, -0.2) is 45.5 Å². The molecule has 5 heteroatoms. The van der Waals surface area contributed by atoms with Gasteiger partial charge in [0.05, 0.1) is 25.1 Å². The minimum absolute atomic E-state index is 0.458. The first-order chi connectivity index (χ1) is 17.0. The zero-order chi connectivity index (χ0) is 23.6. The molecule has 5 saturated heterocycles. The first kappa shape index (κ1) is 23.0. The standard InChI is InChI=1S/C30H42N2O2S/c1-21-3-6-27(24-9-14-34-17-24)32-19-30(10-7-25(21)32)18-29(20-35-30)11-12-31-26(23-8-13-33-16-23)5-4-22(2)28(31)15-29/h8-9,13-14,16-17,21-22,25-28H,3-7,10-12,15,18-20H2,1-2H3/t21-,22-,25+,26-,27-,28-,29-,30+/m0/s1. The molecule has 0 radical (unpaired) electrons. The van der Waals surface area contributed by atoms with Gasteiger partial charge in [-0.05, 0) is 99.5 Å². The average molecular weight is 495 g/mol. The fraction of sp³-hybridized carbons (Fsp3) is 0.733. The molecule has 4 nitrogen and oxygen atoms in total. The molecule has 35 heavy (non-hydrogen) atoms. The third-order valence-electron chi connectivity index (χ3n) is 10.9. The van der Waals surface area contributed by atoms with Crippen LogP contribution in [0.1, 0.15) is 94.8 Å². The number of furan rings is 2. The summed E-state index contributed by atoms with van der Waals surface area (Å²) in [6.07, 6.45) is 20.0. The molecule has 0 aliphatic carbocycles. The largest absolute Gasteiger partial charge is 0.472 e. The third kappa shape index (κ3) is 3.87. The molecule has 190 valence electrons. The molecule has 5 aliphatic rings. The van der Waals surface area contributed by atoms with Gasteiger partial charge in [0.2, 0.25) is 0 Å². The lowest BCUT2D eigenvalue weighted by Crippen LogP contribution is -2.57. The van der Waals surface area contributed by atoms with Crippen molar-refractivity contribution in [2.75, 3.05) is 18.8 Å². The Bertz CT molecular complexity index is 1010. The molecule has 0 unspecified atom stereocenters. The molecule has 2 spiro atoms. The number of rotatable bonds is 2. The molecule has 0 aromatic carbocycles. The maximum atomic E-state index is 5.53. The highest BCUT2D eigenvalue weighted by atomic mass is 32.2. The second-order valence-corrected chi connectivity index (χ2v) is 14.4. The molecule has 8 atom stereocenters. The van der Waals surface area contributed by atoms with E-state index in [2.05, 4.69) is 47.5 Å². The minimum Gasteiger partial charge on any atom is -0.472 e. The van der Waals surface area contributed by atoms with Gasteiger partial charge in [0.15, 0.2) is 0 Å². The van der Waals surface area contributed by atoms with Crippen molar-refractivity contribution in [3.05, 3.63) is 48.3 Å². The number of nitrogens with zero attached hydrogens (tertiary/aromatic N) is 2. The van der Waals surface area contributed by atoms with Gasteiger partial charge in [-0.3, -0.25) is 9.80 Å². The predicted molar refractivity (Wildman–Crippen MR) is 141 cm³/mol. The Morgan fingerprint density at radius 2 is 1.51 bits per heavy atom. The Kier molecular flexibility index (Phi) is 5.71. The lowest BCUT2D eigenvalue weighted by Gasteiger charge is -2.55. The van der Waals surface area contributed by atoms with Gasteiger partial charge in [0.1, 0.15) is 0 Å². The van der Waals surface area contributed by atoms with Crippen LogP contribution >= 0.6 is 11.8 Å². The van der Waals surface area contributed by atoms with Gasteiger partial charge >= 0.3 is 0 Å². The lowest BCUT2D eigenvalue weighted by molar-refractivity contribution is -0.0408. The smallest absolute Gasteiger partial charge is 0.0950 e. The van der Waals surface area contributed by atoms with E-state index in [1.165, 1.54) is 87.8 Å². The average Bonchev–Trinajstić information content (AvgIpc) is 3.63. The van der Waals surface area contributed by atoms with Crippen LogP contribution in [-0.2, 0) is 0 Å². The van der Waals surface area contributed by atoms with Crippen molar-refractivity contribution in [1.82, 2.24) is 9.80 Å². The van der Waals surface area contributed by atoms with Crippen molar-refractivity contribution in [3.8, 4) is 0 Å². The Morgan fingerprint density at radius 1 is 0.829 bits per heavy atom. The summed E-state index contributed by atoms with van der Waals surface area (Å²) in [6.45, 7) is 7.57. The van der Waals surface area contributed by atoms with Gasteiger partial charge in [0.25, 0.3) is 0 Å². The van der Waals surface area contributed by atoms with Crippen LogP contribution in [0, 0.1) is 17.3 Å². The predicted octanol–water partition coefficient (Wildman–Crippen LogP) is 7.31. The fourth-order valence-corrected chi connectivity index (χ4v) is 10.9. The molecular formula is C30H42N2O2S. The Balaban J connectivity index is 1.10. The van der Waals surface area contributed by atoms with Crippen molar-refractivity contribution >= 4 is 11.8 Å². The van der Waals surface area contributed by atoms with E-state index in [4.69, 9.17) is 8.83 Å². The summed E-state index contributed by atoms with van der Waals surface area (Å²) in [5.41, 5.74) is 3.35. The van der Waals surface area contributed by atoms with Crippen LogP contribution in [0.2, 0.25) is 0 Å². The molecule has 7 heterocycles. The summed E-state index contributed by atoms with van der Waals surface area (Å²) in [7, 11) is 0. The molecular weight excluding hydrogens is 452 g/mol. The highest BCUT2D eigenvalue weighted by molar-refractivity contribution is 8.01. The van der Waals surface area contributed by atoms with Crippen LogP contribution in [0.4, 0.5) is 0 Å². The van der Waals surface area contributed by atoms with Gasteiger partial charge in [-0.1, -0.05) is 13.8 Å². The maximum Gasteiger partial charge on any atom is 0.0950 e. The van der Waals surface area contributed by atoms with E-state index in [0.29, 0.717) is 22.2 Å². The van der Waals surface area contributed by atoms with Crippen molar-refractivity contribution < 1.29 is 8.83 Å². The third-order valence-corrected chi connectivity index (χ3v) is 12.8. The summed E-state index contributed by atoms with van der Waals surface area (Å²) in [4.78, 5) is 5.81. The minimum atomic E-state index is 0.458. The molecule has 2 aromatic rings. The van der Waals surface area contributed by atoms with Gasteiger partial charge in [-0.15, -0.1) is 0 Å². The molecule has 0 amide bonds. The van der Waals surface area contributed by atoms with Gasteiger partial charge in [0, 0.05) is 46.6 Å². The molecule has 0 bridgehead atoms. The first-order valence-electron chi connectivity index (χ1n) is 14.2. The molecule has 5 fully saturated rings. The quantitative estimate of drug-likeness (QED) is 0.437. The Hall–Kier alpha value is -1.17. The zero-order valence-electron chi connectivity index (χ0n) is 21.5. The van der Waals surface area contributed by atoms with E-state index in [1.54, 1.807) is 0 Å². The van der Waals surface area contributed by atoms with Crippen molar-refractivity contribution in [2.24, 2.45) is 17.3 Å². The number of piperidine rings is 4. The topological polar surface area (TPSA) is 32.8 Å². The monoisotopic (exact) mass is 494 g/mol. The second kappa shape index (κ2) is 8.70. The summed E-state index contributed by atoms with van der Waals surface area (Å²) < 4.78 is 11.5. The van der Waals surface area contributed by atoms with E-state index in [0.717, 1.165) is 23.9 Å². The van der Waals surface area contributed by atoms with Crippen LogP contribution < -0.4 is 0 Å². The number of hydrogen-bond donors (Lipinski definition) is 0. The van der Waals surface area contributed by atoms with Crippen LogP contribution in [0.15, 0.2) is 46.0 Å². The Morgan fingerprint density at radius 3 is 2.20 bits per heavy atom. The molecule has 0 N–H and O–H groups in total. The van der Waals surface area contributed by atoms with Crippen LogP contribution in [0.25, 0.3) is 0 Å². The summed E-state index contributed by atoms with van der Waals surface area (Å²) in [5.74, 6) is 3.01. The molecule has 0 saturated carbocycles. The lowest BCUT2D eigenvalue weighted by atomic mass is 9.65. The highest BCUT2D eigenvalue weighted by Crippen LogP contribution is 2.61. The number of fused-ring (bicyclic) bond motifs is 2. The number of hydrogen-bond acceptors (Lipinski definition) is 5. The maximum absolute atomic E-state index is 5.53. The molecule has 2 aromatic heterocycles. The Labute approximate surface area is 215 Å². The van der Waals surface area contributed by atoms with E-state index >= 15 is 0 Å². The van der Waals surface area contributed by atoms with Gasteiger partial charge in [-0.2, -0.15) is 11.8 Å². The first-order valence-corrected chi connectivity index (χ1v) is 15.2. The zero-order valence-corrected chi connectivity index (χ0v) is 22.3. The van der Waals surface area contributed by atoms with E-state index in [-0.39, 0.29) is 0 Å². The summed E-state index contributed by atoms with van der Waals surface area (Å²) >= 11 is 2.37. The van der Waals surface area contributed by atoms with Crippen molar-refractivity contribution in [2.45, 2.75) is 101 Å². The second-order valence-electron chi connectivity index (χ2n) is 12.9. The summed E-state index contributed by atoms with van der Waals surface area (Å²) in [6, 6.07) is 7.03. The van der Waals surface area contributed by atoms with Gasteiger partial charge in [-0.25, -0.2) is 0 Å². The highest BCUT2D eigenvalue weighted by Gasteiger charge is 2.56. The van der Waals surface area contributed by atoms with Crippen molar-refractivity contribution in [3.63, 3.8) is 0 Å². The van der Waals surface area contributed by atoms with Crippen molar-refractivity contribution in [1.29, 1.82) is 0 Å². The molecule has 7 rings (SSSR count). The summed E-state index contributed by atoms with van der Waals surface area (Å²) in [5, 5.41) is 0. The number of thioether (sulfide) groups is 1. The van der Waals surface area contributed by atoms with Crippen LogP contribution in [0.3, 0.4) is 0 Å². The van der Waals surface area contributed by atoms with Crippen LogP contribution in [0.5, 0.6) is 0 Å². The van der Waals surface area contributed by atoms with E-state index in [1.807, 2.05) is 25.1 Å². The fourth-order valence-electron chi connectivity index (χ4n) is 9.02. The van der Waals surface area contributed by atoms with E-state index < -0.39 is 0 Å². The van der Waals surface area contributed by atoms with Gasteiger partial charge < -0.3 is 8.83 Å². The normalized spacial score (nSPS) is 44.5. The SMILES string of the molecule is C[C@H]1CC[C@@H](c2ccoc2)N2C[C@@]3(CC[C@H]12)C[C@@]1(CCN2[C@H](c4ccoc4)CC[C@H](C)[C@@H]2C1)CS3. The van der Waals surface area contributed by atoms with E-state index in [9.17, 15) is 0 Å². The molecule has 5 aliphatic heterocycles.